The Morgan fingerprint density at radius 1 is 1.00 bits per heavy atom. The molecular formula is C20H17N5O3. The van der Waals surface area contributed by atoms with Crippen LogP contribution in [0.1, 0.15) is 15.9 Å². The SMILES string of the molecule is Nc1cc(C(=O)N/N=C\c2ccc(Nc3ccccc3)cc2)cc([N+](=O)[O-])c1. The van der Waals surface area contributed by atoms with Crippen molar-refractivity contribution in [3.63, 3.8) is 0 Å². The topological polar surface area (TPSA) is 123 Å². The molecule has 0 saturated carbocycles. The number of hydrogen-bond acceptors (Lipinski definition) is 6. The number of para-hydroxylation sites is 1. The number of nitrogens with zero attached hydrogens (tertiary/aromatic N) is 2. The Morgan fingerprint density at radius 3 is 2.36 bits per heavy atom. The molecule has 0 atom stereocenters. The van der Waals surface area contributed by atoms with Crippen molar-refractivity contribution in [2.45, 2.75) is 0 Å². The number of carbonyl (C=O) groups excluding carboxylic acids is 1. The van der Waals surface area contributed by atoms with E-state index in [1.165, 1.54) is 18.3 Å². The Hall–Kier alpha value is -4.20. The highest BCUT2D eigenvalue weighted by molar-refractivity contribution is 5.96. The van der Waals surface area contributed by atoms with Crippen LogP contribution in [0, 0.1) is 10.1 Å². The first-order valence-electron chi connectivity index (χ1n) is 8.32. The van der Waals surface area contributed by atoms with Gasteiger partial charge in [0.2, 0.25) is 0 Å². The summed E-state index contributed by atoms with van der Waals surface area (Å²) in [5, 5.41) is 18.0. The summed E-state index contributed by atoms with van der Waals surface area (Å²) >= 11 is 0. The smallest absolute Gasteiger partial charge is 0.272 e. The molecule has 0 aliphatic carbocycles. The number of nitrogens with one attached hydrogen (secondary N) is 2. The number of non-ortho nitro benzene ring substituents is 1. The van der Waals surface area contributed by atoms with Gasteiger partial charge in [-0.1, -0.05) is 30.3 Å². The van der Waals surface area contributed by atoms with Crippen molar-refractivity contribution >= 4 is 34.9 Å². The summed E-state index contributed by atoms with van der Waals surface area (Å²) in [5.74, 6) is -0.589. The summed E-state index contributed by atoms with van der Waals surface area (Å²) in [6.45, 7) is 0. The number of anilines is 3. The van der Waals surface area contributed by atoms with Crippen LogP contribution in [-0.4, -0.2) is 17.0 Å². The van der Waals surface area contributed by atoms with E-state index < -0.39 is 10.8 Å². The van der Waals surface area contributed by atoms with Gasteiger partial charge in [0.05, 0.1) is 16.7 Å². The maximum absolute atomic E-state index is 12.1. The van der Waals surface area contributed by atoms with Crippen molar-refractivity contribution in [3.8, 4) is 0 Å². The molecule has 0 fully saturated rings. The Morgan fingerprint density at radius 2 is 1.68 bits per heavy atom. The fourth-order valence-electron chi connectivity index (χ4n) is 2.44. The van der Waals surface area contributed by atoms with Gasteiger partial charge in [0.1, 0.15) is 0 Å². The van der Waals surface area contributed by atoms with Gasteiger partial charge in [-0.15, -0.1) is 0 Å². The van der Waals surface area contributed by atoms with E-state index in [1.807, 2.05) is 54.6 Å². The van der Waals surface area contributed by atoms with Gasteiger partial charge in [0.15, 0.2) is 0 Å². The molecule has 3 rings (SSSR count). The lowest BCUT2D eigenvalue weighted by atomic mass is 10.1. The van der Waals surface area contributed by atoms with Gasteiger partial charge in [-0.05, 0) is 35.9 Å². The van der Waals surface area contributed by atoms with E-state index in [0.29, 0.717) is 0 Å². The molecule has 0 bridgehead atoms. The second kappa shape index (κ2) is 8.45. The Kier molecular flexibility index (Phi) is 5.61. The van der Waals surface area contributed by atoms with Crippen LogP contribution in [0.25, 0.3) is 0 Å². The van der Waals surface area contributed by atoms with Gasteiger partial charge in [-0.3, -0.25) is 14.9 Å². The van der Waals surface area contributed by atoms with Gasteiger partial charge in [-0.25, -0.2) is 5.43 Å². The minimum absolute atomic E-state index is 0.0614. The molecule has 0 radical (unpaired) electrons. The van der Waals surface area contributed by atoms with Crippen molar-refractivity contribution in [1.29, 1.82) is 0 Å². The maximum Gasteiger partial charge on any atom is 0.272 e. The van der Waals surface area contributed by atoms with Crippen LogP contribution in [0.5, 0.6) is 0 Å². The second-order valence-corrected chi connectivity index (χ2v) is 5.88. The summed E-state index contributed by atoms with van der Waals surface area (Å²) in [4.78, 5) is 22.3. The zero-order valence-electron chi connectivity index (χ0n) is 14.7. The Balaban J connectivity index is 1.61. The summed E-state index contributed by atoms with van der Waals surface area (Å²) in [6, 6.07) is 20.9. The fourth-order valence-corrected chi connectivity index (χ4v) is 2.44. The van der Waals surface area contributed by atoms with Crippen molar-refractivity contribution in [1.82, 2.24) is 5.43 Å². The molecule has 4 N–H and O–H groups in total. The third kappa shape index (κ3) is 4.92. The molecule has 0 saturated heterocycles. The van der Waals surface area contributed by atoms with E-state index in [1.54, 1.807) is 0 Å². The summed E-state index contributed by atoms with van der Waals surface area (Å²) in [7, 11) is 0. The first-order valence-corrected chi connectivity index (χ1v) is 8.32. The van der Waals surface area contributed by atoms with E-state index >= 15 is 0 Å². The number of nitro benzene ring substituents is 1. The summed E-state index contributed by atoms with van der Waals surface area (Å²) in [5.41, 5.74) is 10.5. The number of nitrogen functional groups attached to an aromatic ring is 1. The van der Waals surface area contributed by atoms with E-state index in [4.69, 9.17) is 5.73 Å². The predicted molar refractivity (Wildman–Crippen MR) is 109 cm³/mol. The second-order valence-electron chi connectivity index (χ2n) is 5.88. The molecule has 0 aromatic heterocycles. The highest BCUT2D eigenvalue weighted by atomic mass is 16.6. The lowest BCUT2D eigenvalue weighted by Crippen LogP contribution is -2.18. The zero-order valence-corrected chi connectivity index (χ0v) is 14.7. The molecule has 3 aromatic carbocycles. The quantitative estimate of drug-likeness (QED) is 0.262. The van der Waals surface area contributed by atoms with Crippen LogP contribution in [-0.2, 0) is 0 Å². The molecule has 0 spiro atoms. The minimum Gasteiger partial charge on any atom is -0.399 e. The molecule has 1 amide bonds. The first-order chi connectivity index (χ1) is 13.5. The van der Waals surface area contributed by atoms with Crippen LogP contribution in [0.15, 0.2) is 77.9 Å². The molecule has 0 aliphatic rings. The number of rotatable bonds is 6. The van der Waals surface area contributed by atoms with E-state index in [9.17, 15) is 14.9 Å². The van der Waals surface area contributed by atoms with Gasteiger partial charge in [0.25, 0.3) is 11.6 Å². The third-order valence-electron chi connectivity index (χ3n) is 3.77. The monoisotopic (exact) mass is 375 g/mol. The number of carbonyl (C=O) groups is 1. The van der Waals surface area contributed by atoms with Gasteiger partial charge >= 0.3 is 0 Å². The average molecular weight is 375 g/mol. The van der Waals surface area contributed by atoms with E-state index in [2.05, 4.69) is 15.8 Å². The van der Waals surface area contributed by atoms with Crippen LogP contribution in [0.3, 0.4) is 0 Å². The number of hydrogen-bond donors (Lipinski definition) is 3. The normalized spacial score (nSPS) is 10.6. The van der Waals surface area contributed by atoms with Crippen molar-refractivity contribution in [2.24, 2.45) is 5.10 Å². The minimum atomic E-state index is -0.610. The van der Waals surface area contributed by atoms with Crippen LogP contribution in [0.2, 0.25) is 0 Å². The number of benzene rings is 3. The Bertz CT molecular complexity index is 1020. The predicted octanol–water partition coefficient (Wildman–Crippen LogP) is 3.68. The van der Waals surface area contributed by atoms with Crippen LogP contribution >= 0.6 is 0 Å². The van der Waals surface area contributed by atoms with Crippen molar-refractivity contribution in [2.75, 3.05) is 11.1 Å². The van der Waals surface area contributed by atoms with Crippen molar-refractivity contribution < 1.29 is 9.72 Å². The number of nitrogens with two attached hydrogens (primary N) is 1. The molecule has 140 valence electrons. The van der Waals surface area contributed by atoms with Gasteiger partial charge in [0, 0.05) is 29.2 Å². The average Bonchev–Trinajstić information content (AvgIpc) is 2.69. The highest BCUT2D eigenvalue weighted by Gasteiger charge is 2.13. The number of nitro groups is 1. The zero-order chi connectivity index (χ0) is 19.9. The summed E-state index contributed by atoms with van der Waals surface area (Å²) in [6.07, 6.45) is 1.48. The number of amides is 1. The van der Waals surface area contributed by atoms with E-state index in [-0.39, 0.29) is 16.9 Å². The lowest BCUT2D eigenvalue weighted by molar-refractivity contribution is -0.384. The standard InChI is InChI=1S/C20H17N5O3/c21-16-10-15(11-19(12-16)25(27)28)20(26)24-22-13-14-6-8-18(9-7-14)23-17-4-2-1-3-5-17/h1-13,23H,21H2,(H,24,26)/b22-13-. The van der Waals surface area contributed by atoms with Crippen molar-refractivity contribution in [3.05, 3.63) is 94.0 Å². The molecule has 0 unspecified atom stereocenters. The molecule has 8 heteroatoms. The molecule has 8 nitrogen and oxygen atoms in total. The van der Waals surface area contributed by atoms with Crippen LogP contribution < -0.4 is 16.5 Å². The molecular weight excluding hydrogens is 358 g/mol. The lowest BCUT2D eigenvalue weighted by Gasteiger charge is -2.06. The molecule has 28 heavy (non-hydrogen) atoms. The fraction of sp³-hybridized carbons (Fsp3) is 0. The largest absolute Gasteiger partial charge is 0.399 e. The molecule has 0 aliphatic heterocycles. The van der Waals surface area contributed by atoms with Gasteiger partial charge < -0.3 is 11.1 Å². The number of hydrazone groups is 1. The van der Waals surface area contributed by atoms with E-state index in [0.717, 1.165) is 23.0 Å². The molecule has 0 heterocycles. The molecule has 3 aromatic rings. The Labute approximate surface area is 160 Å². The van der Waals surface area contributed by atoms with Gasteiger partial charge in [-0.2, -0.15) is 5.10 Å². The maximum atomic E-state index is 12.1. The van der Waals surface area contributed by atoms with Crippen LogP contribution in [0.4, 0.5) is 22.7 Å². The third-order valence-corrected chi connectivity index (χ3v) is 3.77. The first kappa shape index (κ1) is 18.6. The highest BCUT2D eigenvalue weighted by Crippen LogP contribution is 2.19. The summed E-state index contributed by atoms with van der Waals surface area (Å²) < 4.78 is 0.